The van der Waals surface area contributed by atoms with Crippen LogP contribution in [0.3, 0.4) is 0 Å². The predicted molar refractivity (Wildman–Crippen MR) is 76.1 cm³/mol. The van der Waals surface area contributed by atoms with Crippen molar-refractivity contribution in [3.8, 4) is 0 Å². The average molecular weight is 273 g/mol. The fourth-order valence-corrected chi connectivity index (χ4v) is 3.24. The molecule has 0 saturated heterocycles. The molecule has 1 N–H and O–H groups in total. The number of thiophene rings is 1. The third-order valence-corrected chi connectivity index (χ3v) is 4.15. The van der Waals surface area contributed by atoms with E-state index in [-0.39, 0.29) is 6.04 Å². The Kier molecular flexibility index (Phi) is 3.27. The van der Waals surface area contributed by atoms with Crippen molar-refractivity contribution in [2.45, 2.75) is 12.5 Å². The van der Waals surface area contributed by atoms with Crippen LogP contribution in [0.15, 0.2) is 29.6 Å². The first-order valence-electron chi connectivity index (χ1n) is 6.14. The minimum Gasteiger partial charge on any atom is -0.313 e. The van der Waals surface area contributed by atoms with E-state index in [1.807, 2.05) is 7.05 Å². The molecule has 2 aromatic heterocycles. The van der Waals surface area contributed by atoms with Gasteiger partial charge in [-0.15, -0.1) is 21.5 Å². The molecule has 0 amide bonds. The van der Waals surface area contributed by atoms with Gasteiger partial charge in [0.1, 0.15) is 0 Å². The zero-order chi connectivity index (χ0) is 13.2. The van der Waals surface area contributed by atoms with Gasteiger partial charge in [0.2, 0.25) is 0 Å². The van der Waals surface area contributed by atoms with Gasteiger partial charge in [-0.3, -0.25) is 0 Å². The summed E-state index contributed by atoms with van der Waals surface area (Å²) in [4.78, 5) is 1.49. The lowest BCUT2D eigenvalue weighted by Crippen LogP contribution is -2.19. The van der Waals surface area contributed by atoms with Crippen LogP contribution in [0.4, 0.5) is 0 Å². The first-order valence-corrected chi connectivity index (χ1v) is 7.02. The van der Waals surface area contributed by atoms with Crippen LogP contribution in [-0.2, 0) is 13.5 Å². The number of benzene rings is 1. The molecule has 1 atom stereocenters. The van der Waals surface area contributed by atoms with E-state index in [1.165, 1.54) is 20.4 Å². The molecule has 5 nitrogen and oxygen atoms in total. The molecule has 0 aliphatic rings. The van der Waals surface area contributed by atoms with Crippen molar-refractivity contribution in [1.29, 1.82) is 0 Å². The lowest BCUT2D eigenvalue weighted by molar-refractivity contribution is 0.575. The minimum absolute atomic E-state index is 0.209. The number of nitrogens with one attached hydrogen (secondary N) is 1. The molecule has 6 heteroatoms. The average Bonchev–Trinajstić information content (AvgIpc) is 3.02. The summed E-state index contributed by atoms with van der Waals surface area (Å²) in [5.74, 6) is 0.761. The molecule has 1 aromatic carbocycles. The highest BCUT2D eigenvalue weighted by Crippen LogP contribution is 2.31. The zero-order valence-corrected chi connectivity index (χ0v) is 11.7. The van der Waals surface area contributed by atoms with Crippen LogP contribution < -0.4 is 5.32 Å². The van der Waals surface area contributed by atoms with Gasteiger partial charge >= 0.3 is 0 Å². The molecule has 0 aliphatic carbocycles. The summed E-state index contributed by atoms with van der Waals surface area (Å²) in [6.45, 7) is 0. The Balaban J connectivity index is 1.93. The molecule has 0 fully saturated rings. The minimum atomic E-state index is 0.209. The number of rotatable bonds is 4. The molecule has 3 rings (SSSR count). The molecule has 3 aromatic rings. The van der Waals surface area contributed by atoms with Crippen molar-refractivity contribution in [3.05, 3.63) is 41.0 Å². The van der Waals surface area contributed by atoms with Crippen LogP contribution in [0.1, 0.15) is 17.4 Å². The van der Waals surface area contributed by atoms with Gasteiger partial charge in [-0.2, -0.15) is 4.80 Å². The van der Waals surface area contributed by atoms with E-state index in [1.54, 1.807) is 18.4 Å². The predicted octanol–water partition coefficient (Wildman–Crippen LogP) is 1.93. The molecule has 2 heterocycles. The molecule has 0 saturated carbocycles. The summed E-state index contributed by atoms with van der Waals surface area (Å²) >= 11 is 1.77. The first kappa shape index (κ1) is 12.3. The van der Waals surface area contributed by atoms with E-state index in [0.29, 0.717) is 0 Å². The van der Waals surface area contributed by atoms with Gasteiger partial charge in [0.15, 0.2) is 5.82 Å². The standard InChI is InChI=1S/C13H15N5S/c1-14-11(7-13-15-17-18(2)16-13)10-8-19-12-6-4-3-5-9(10)12/h3-6,8,11,14H,7H2,1-2H3. The molecule has 0 aliphatic heterocycles. The van der Waals surface area contributed by atoms with Crippen LogP contribution in [0, 0.1) is 0 Å². The number of tetrazole rings is 1. The quantitative estimate of drug-likeness (QED) is 0.789. The molecular formula is C13H15N5S. The first-order chi connectivity index (χ1) is 9.28. The number of aromatic nitrogens is 4. The fraction of sp³-hybridized carbons (Fsp3) is 0.308. The topological polar surface area (TPSA) is 55.6 Å². The van der Waals surface area contributed by atoms with Crippen molar-refractivity contribution in [1.82, 2.24) is 25.5 Å². The Morgan fingerprint density at radius 1 is 1.37 bits per heavy atom. The van der Waals surface area contributed by atoms with Crippen LogP contribution in [0.2, 0.25) is 0 Å². The third-order valence-electron chi connectivity index (χ3n) is 3.17. The summed E-state index contributed by atoms with van der Waals surface area (Å²) in [6.07, 6.45) is 0.741. The van der Waals surface area contributed by atoms with Crippen molar-refractivity contribution in [3.63, 3.8) is 0 Å². The second-order valence-corrected chi connectivity index (χ2v) is 5.34. The molecule has 1 unspecified atom stereocenters. The largest absolute Gasteiger partial charge is 0.313 e. The van der Waals surface area contributed by atoms with E-state index in [2.05, 4.69) is 50.4 Å². The summed E-state index contributed by atoms with van der Waals surface area (Å²) < 4.78 is 1.31. The highest BCUT2D eigenvalue weighted by Gasteiger charge is 2.16. The number of hydrogen-bond acceptors (Lipinski definition) is 5. The fourth-order valence-electron chi connectivity index (χ4n) is 2.22. The third kappa shape index (κ3) is 2.36. The number of hydrogen-bond donors (Lipinski definition) is 1. The number of likely N-dealkylation sites (N-methyl/N-ethyl adjacent to an activating group) is 1. The molecule has 0 spiro atoms. The van der Waals surface area contributed by atoms with E-state index in [0.717, 1.165) is 12.2 Å². The monoisotopic (exact) mass is 273 g/mol. The van der Waals surface area contributed by atoms with Gasteiger partial charge in [-0.25, -0.2) is 0 Å². The van der Waals surface area contributed by atoms with Gasteiger partial charge in [-0.05, 0) is 34.7 Å². The van der Waals surface area contributed by atoms with Gasteiger partial charge in [-0.1, -0.05) is 18.2 Å². The molecule has 0 bridgehead atoms. The zero-order valence-electron chi connectivity index (χ0n) is 10.9. The van der Waals surface area contributed by atoms with Crippen LogP contribution in [0.25, 0.3) is 10.1 Å². The maximum atomic E-state index is 4.25. The Labute approximate surface area is 115 Å². The summed E-state index contributed by atoms with van der Waals surface area (Å²) in [7, 11) is 3.75. The SMILES string of the molecule is CNC(Cc1nnn(C)n1)c1csc2ccccc12. The lowest BCUT2D eigenvalue weighted by Gasteiger charge is -2.13. The molecule has 19 heavy (non-hydrogen) atoms. The van der Waals surface area contributed by atoms with Crippen molar-refractivity contribution < 1.29 is 0 Å². The summed E-state index contributed by atoms with van der Waals surface area (Å²) in [5.41, 5.74) is 1.30. The normalized spacial score (nSPS) is 12.9. The van der Waals surface area contributed by atoms with E-state index < -0.39 is 0 Å². The van der Waals surface area contributed by atoms with Gasteiger partial charge in [0.05, 0.1) is 7.05 Å². The highest BCUT2D eigenvalue weighted by atomic mass is 32.1. The number of nitrogens with zero attached hydrogens (tertiary/aromatic N) is 4. The smallest absolute Gasteiger partial charge is 0.176 e. The van der Waals surface area contributed by atoms with Gasteiger partial charge in [0, 0.05) is 17.2 Å². The Hall–Kier alpha value is -1.79. The number of aryl methyl sites for hydroxylation is 1. The maximum absolute atomic E-state index is 4.25. The maximum Gasteiger partial charge on any atom is 0.176 e. The van der Waals surface area contributed by atoms with Crippen LogP contribution in [0.5, 0.6) is 0 Å². The van der Waals surface area contributed by atoms with E-state index >= 15 is 0 Å². The number of fused-ring (bicyclic) bond motifs is 1. The van der Waals surface area contributed by atoms with Crippen molar-refractivity contribution in [2.75, 3.05) is 7.05 Å². The lowest BCUT2D eigenvalue weighted by atomic mass is 10.0. The molecule has 0 radical (unpaired) electrons. The van der Waals surface area contributed by atoms with Crippen LogP contribution >= 0.6 is 11.3 Å². The second kappa shape index (κ2) is 5.07. The second-order valence-electron chi connectivity index (χ2n) is 4.43. The van der Waals surface area contributed by atoms with Crippen LogP contribution in [-0.4, -0.2) is 27.3 Å². The highest BCUT2D eigenvalue weighted by molar-refractivity contribution is 7.17. The molecule has 98 valence electrons. The van der Waals surface area contributed by atoms with E-state index in [4.69, 9.17) is 0 Å². The molecular weight excluding hydrogens is 258 g/mol. The van der Waals surface area contributed by atoms with Gasteiger partial charge in [0.25, 0.3) is 0 Å². The summed E-state index contributed by atoms with van der Waals surface area (Å²) in [6, 6.07) is 8.67. The van der Waals surface area contributed by atoms with Gasteiger partial charge < -0.3 is 5.32 Å². The summed E-state index contributed by atoms with van der Waals surface area (Å²) in [5, 5.41) is 19.0. The van der Waals surface area contributed by atoms with Crippen molar-refractivity contribution >= 4 is 21.4 Å². The van der Waals surface area contributed by atoms with E-state index in [9.17, 15) is 0 Å². The Morgan fingerprint density at radius 3 is 2.95 bits per heavy atom. The Morgan fingerprint density at radius 2 is 2.21 bits per heavy atom. The Bertz CT molecular complexity index is 687. The van der Waals surface area contributed by atoms with Crippen molar-refractivity contribution in [2.24, 2.45) is 7.05 Å².